The first-order chi connectivity index (χ1) is 12.1. The highest BCUT2D eigenvalue weighted by Crippen LogP contribution is 2.35. The van der Waals surface area contributed by atoms with Gasteiger partial charge in [0.25, 0.3) is 0 Å². The Morgan fingerprint density at radius 1 is 1.28 bits per heavy atom. The van der Waals surface area contributed by atoms with Crippen molar-refractivity contribution in [3.8, 4) is 0 Å². The number of carbonyl (C=O) groups is 1. The maximum atomic E-state index is 12.6. The molecule has 2 heterocycles. The second kappa shape index (κ2) is 7.87. The van der Waals surface area contributed by atoms with Crippen LogP contribution in [0.4, 0.5) is 0 Å². The third kappa shape index (κ3) is 3.79. The Labute approximate surface area is 153 Å². The molecule has 0 radical (unpaired) electrons. The van der Waals surface area contributed by atoms with E-state index in [1.165, 1.54) is 27.6 Å². The number of nitrogens with one attached hydrogen (secondary N) is 2. The molecule has 3 nitrogen and oxygen atoms in total. The maximum absolute atomic E-state index is 12.6. The molecule has 3 rings (SSSR count). The van der Waals surface area contributed by atoms with Crippen LogP contribution in [0.2, 0.25) is 0 Å². The SMILES string of the molecule is CCc1cccc2c(C(CC(=O)NC(C)CC)c3ccsc3)c[nH]c12. The van der Waals surface area contributed by atoms with Crippen molar-refractivity contribution in [3.05, 3.63) is 57.9 Å². The summed E-state index contributed by atoms with van der Waals surface area (Å²) in [7, 11) is 0. The Bertz CT molecular complexity index is 835. The fraction of sp³-hybridized carbons (Fsp3) is 0.381. The number of aromatic nitrogens is 1. The molecule has 2 aromatic heterocycles. The number of rotatable bonds is 7. The van der Waals surface area contributed by atoms with Crippen molar-refractivity contribution in [1.82, 2.24) is 10.3 Å². The molecular formula is C21H26N2OS. The van der Waals surface area contributed by atoms with E-state index in [0.29, 0.717) is 6.42 Å². The van der Waals surface area contributed by atoms with Gasteiger partial charge in [0.1, 0.15) is 0 Å². The van der Waals surface area contributed by atoms with Gasteiger partial charge in [-0.15, -0.1) is 0 Å². The van der Waals surface area contributed by atoms with Crippen LogP contribution in [0.1, 0.15) is 56.2 Å². The molecule has 1 aromatic carbocycles. The number of hydrogen-bond acceptors (Lipinski definition) is 2. The first kappa shape index (κ1) is 17.7. The van der Waals surface area contributed by atoms with Gasteiger partial charge in [0.15, 0.2) is 0 Å². The molecule has 2 unspecified atom stereocenters. The number of aryl methyl sites for hydroxylation is 1. The minimum Gasteiger partial charge on any atom is -0.361 e. The molecule has 0 aliphatic heterocycles. The Morgan fingerprint density at radius 3 is 2.80 bits per heavy atom. The third-order valence-electron chi connectivity index (χ3n) is 4.94. The van der Waals surface area contributed by atoms with E-state index in [-0.39, 0.29) is 17.9 Å². The number of amides is 1. The Morgan fingerprint density at radius 2 is 2.12 bits per heavy atom. The van der Waals surface area contributed by atoms with Crippen LogP contribution in [0.15, 0.2) is 41.2 Å². The summed E-state index contributed by atoms with van der Waals surface area (Å²) in [5.74, 6) is 0.197. The highest BCUT2D eigenvalue weighted by atomic mass is 32.1. The summed E-state index contributed by atoms with van der Waals surface area (Å²) in [6.07, 6.45) is 4.50. The third-order valence-corrected chi connectivity index (χ3v) is 5.65. The van der Waals surface area contributed by atoms with Crippen LogP contribution < -0.4 is 5.32 Å². The van der Waals surface area contributed by atoms with Gasteiger partial charge in [0.05, 0.1) is 0 Å². The number of H-pyrrole nitrogens is 1. The summed E-state index contributed by atoms with van der Waals surface area (Å²) in [5.41, 5.74) is 4.94. The van der Waals surface area contributed by atoms with Crippen molar-refractivity contribution < 1.29 is 4.79 Å². The lowest BCUT2D eigenvalue weighted by atomic mass is 9.89. The van der Waals surface area contributed by atoms with Crippen LogP contribution in [-0.4, -0.2) is 16.9 Å². The van der Waals surface area contributed by atoms with Gasteiger partial charge in [-0.05, 0) is 53.3 Å². The maximum Gasteiger partial charge on any atom is 0.221 e. The van der Waals surface area contributed by atoms with E-state index in [9.17, 15) is 4.79 Å². The van der Waals surface area contributed by atoms with E-state index in [4.69, 9.17) is 0 Å². The molecular weight excluding hydrogens is 328 g/mol. The van der Waals surface area contributed by atoms with Gasteiger partial charge in [-0.1, -0.05) is 32.0 Å². The summed E-state index contributed by atoms with van der Waals surface area (Å²) in [6.45, 7) is 6.31. The van der Waals surface area contributed by atoms with E-state index in [0.717, 1.165) is 12.8 Å². The van der Waals surface area contributed by atoms with Gasteiger partial charge in [-0.2, -0.15) is 11.3 Å². The zero-order valence-corrected chi connectivity index (χ0v) is 16.0. The number of para-hydroxylation sites is 1. The van der Waals surface area contributed by atoms with Crippen LogP contribution in [0.3, 0.4) is 0 Å². The molecule has 25 heavy (non-hydrogen) atoms. The first-order valence-corrected chi connectivity index (χ1v) is 9.98. The predicted octanol–water partition coefficient (Wildman–Crippen LogP) is 5.23. The molecule has 0 aliphatic carbocycles. The zero-order chi connectivity index (χ0) is 17.8. The standard InChI is InChI=1S/C21H26N2OS/c1-4-14(3)23-20(24)11-18(16-9-10-25-13-16)19-12-22-21-15(5-2)7-6-8-17(19)21/h6-10,12-14,18,22H,4-5,11H2,1-3H3,(H,23,24). The van der Waals surface area contributed by atoms with Crippen LogP contribution in [0.5, 0.6) is 0 Å². The minimum atomic E-state index is 0.0798. The number of hydrogen-bond donors (Lipinski definition) is 2. The molecule has 0 bridgehead atoms. The van der Waals surface area contributed by atoms with Gasteiger partial charge in [0.2, 0.25) is 5.91 Å². The second-order valence-corrected chi connectivity index (χ2v) is 7.41. The van der Waals surface area contributed by atoms with Crippen molar-refractivity contribution in [2.45, 2.75) is 52.0 Å². The number of thiophene rings is 1. The fourth-order valence-electron chi connectivity index (χ4n) is 3.32. The lowest BCUT2D eigenvalue weighted by Gasteiger charge is -2.18. The summed E-state index contributed by atoms with van der Waals surface area (Å²) < 4.78 is 0. The second-order valence-electron chi connectivity index (χ2n) is 6.63. The molecule has 132 valence electrons. The highest BCUT2D eigenvalue weighted by molar-refractivity contribution is 7.08. The Hall–Kier alpha value is -2.07. The van der Waals surface area contributed by atoms with Crippen molar-refractivity contribution in [3.63, 3.8) is 0 Å². The monoisotopic (exact) mass is 354 g/mol. The van der Waals surface area contributed by atoms with Gasteiger partial charge in [-0.25, -0.2) is 0 Å². The molecule has 0 saturated heterocycles. The molecule has 2 N–H and O–H groups in total. The van der Waals surface area contributed by atoms with Crippen molar-refractivity contribution in [2.75, 3.05) is 0 Å². The Balaban J connectivity index is 1.97. The minimum absolute atomic E-state index is 0.0798. The molecule has 2 atom stereocenters. The quantitative estimate of drug-likeness (QED) is 0.599. The lowest BCUT2D eigenvalue weighted by molar-refractivity contribution is -0.121. The summed E-state index contributed by atoms with van der Waals surface area (Å²) in [5, 5.41) is 8.58. The summed E-state index contributed by atoms with van der Waals surface area (Å²) in [6, 6.07) is 8.78. The lowest BCUT2D eigenvalue weighted by Crippen LogP contribution is -2.32. The van der Waals surface area contributed by atoms with Gasteiger partial charge >= 0.3 is 0 Å². The van der Waals surface area contributed by atoms with Gasteiger partial charge in [-0.3, -0.25) is 4.79 Å². The normalized spacial score (nSPS) is 13.7. The topological polar surface area (TPSA) is 44.9 Å². The smallest absolute Gasteiger partial charge is 0.221 e. The number of carbonyl (C=O) groups excluding carboxylic acids is 1. The fourth-order valence-corrected chi connectivity index (χ4v) is 4.04. The van der Waals surface area contributed by atoms with Crippen molar-refractivity contribution in [2.24, 2.45) is 0 Å². The van der Waals surface area contributed by atoms with Crippen LogP contribution in [-0.2, 0) is 11.2 Å². The van der Waals surface area contributed by atoms with Gasteiger partial charge in [0, 0.05) is 35.5 Å². The number of aromatic amines is 1. The summed E-state index contributed by atoms with van der Waals surface area (Å²) >= 11 is 1.68. The van der Waals surface area contributed by atoms with E-state index in [1.807, 2.05) is 0 Å². The molecule has 3 aromatic rings. The van der Waals surface area contributed by atoms with Crippen molar-refractivity contribution >= 4 is 28.1 Å². The first-order valence-electron chi connectivity index (χ1n) is 9.04. The van der Waals surface area contributed by atoms with E-state index in [2.05, 4.69) is 72.3 Å². The Kier molecular flexibility index (Phi) is 5.59. The van der Waals surface area contributed by atoms with Crippen LogP contribution in [0, 0.1) is 0 Å². The summed E-state index contributed by atoms with van der Waals surface area (Å²) in [4.78, 5) is 16.0. The largest absolute Gasteiger partial charge is 0.361 e. The van der Waals surface area contributed by atoms with Crippen molar-refractivity contribution in [1.29, 1.82) is 0 Å². The van der Waals surface area contributed by atoms with E-state index >= 15 is 0 Å². The predicted molar refractivity (Wildman–Crippen MR) is 106 cm³/mol. The number of fused-ring (bicyclic) bond motifs is 1. The molecule has 0 aliphatic rings. The van der Waals surface area contributed by atoms with Crippen LogP contribution in [0.25, 0.3) is 10.9 Å². The average molecular weight is 355 g/mol. The molecule has 1 amide bonds. The van der Waals surface area contributed by atoms with E-state index < -0.39 is 0 Å². The molecule has 0 fully saturated rings. The van der Waals surface area contributed by atoms with E-state index in [1.54, 1.807) is 11.3 Å². The van der Waals surface area contributed by atoms with Crippen LogP contribution >= 0.6 is 11.3 Å². The highest BCUT2D eigenvalue weighted by Gasteiger charge is 2.22. The number of benzene rings is 1. The molecule has 4 heteroatoms. The molecule has 0 spiro atoms. The average Bonchev–Trinajstić information content (AvgIpc) is 3.29. The zero-order valence-electron chi connectivity index (χ0n) is 15.1. The van der Waals surface area contributed by atoms with Gasteiger partial charge < -0.3 is 10.3 Å². The molecule has 0 saturated carbocycles.